The molecule has 0 saturated carbocycles. The molecule has 0 nitrogen and oxygen atoms in total. The summed E-state index contributed by atoms with van der Waals surface area (Å²) in [6.45, 7) is 5.99. The summed E-state index contributed by atoms with van der Waals surface area (Å²) in [4.78, 5) is 0. The molecule has 0 aromatic heterocycles. The molecule has 0 bridgehead atoms. The Labute approximate surface area is 108 Å². The standard InChI is InChI=1S/C18H14/c1-3-8-16-14-10-5-4-6-11-15(14)17-12-7-9-13(2)18(16)17/h3-4,6-12H,1H2,2H3/b16-8-. The van der Waals surface area contributed by atoms with Gasteiger partial charge in [-0.2, -0.15) is 0 Å². The van der Waals surface area contributed by atoms with E-state index in [0.29, 0.717) is 0 Å². The summed E-state index contributed by atoms with van der Waals surface area (Å²) in [5.41, 5.74) is 10.9. The summed E-state index contributed by atoms with van der Waals surface area (Å²) < 4.78 is 0. The lowest BCUT2D eigenvalue weighted by Gasteiger charge is -2.06. The summed E-state index contributed by atoms with van der Waals surface area (Å²) in [6.07, 6.45) is 12.2. The molecule has 0 atom stereocenters. The van der Waals surface area contributed by atoms with E-state index in [9.17, 15) is 0 Å². The van der Waals surface area contributed by atoms with Gasteiger partial charge < -0.3 is 0 Å². The first kappa shape index (κ1) is 10.8. The van der Waals surface area contributed by atoms with Crippen molar-refractivity contribution in [1.82, 2.24) is 0 Å². The second-order valence-electron chi connectivity index (χ2n) is 4.48. The number of hydrogen-bond donors (Lipinski definition) is 0. The first-order valence-corrected chi connectivity index (χ1v) is 6.10. The minimum Gasteiger partial charge on any atom is -0.120 e. The fourth-order valence-electron chi connectivity index (χ4n) is 2.63. The Morgan fingerprint density at radius 2 is 2.11 bits per heavy atom. The molecule has 0 heterocycles. The van der Waals surface area contributed by atoms with Gasteiger partial charge in [-0.1, -0.05) is 49.1 Å². The van der Waals surface area contributed by atoms with E-state index < -0.39 is 0 Å². The molecule has 2 aliphatic carbocycles. The molecule has 0 aliphatic heterocycles. The SMILES string of the molecule is C=C/C=C1/C2=C(C=CC=C=C2)c2cccc(C)c21. The van der Waals surface area contributed by atoms with Crippen molar-refractivity contribution in [3.05, 3.63) is 89.2 Å². The highest BCUT2D eigenvalue weighted by Crippen LogP contribution is 2.44. The van der Waals surface area contributed by atoms with Crippen LogP contribution in [-0.4, -0.2) is 0 Å². The Balaban J connectivity index is 2.37. The topological polar surface area (TPSA) is 0 Å². The first-order chi connectivity index (χ1) is 8.83. The third-order valence-corrected chi connectivity index (χ3v) is 3.38. The fraction of sp³-hybridized carbons (Fsp3) is 0.0556. The van der Waals surface area contributed by atoms with Crippen LogP contribution < -0.4 is 0 Å². The van der Waals surface area contributed by atoms with E-state index in [0.717, 1.165) is 0 Å². The third-order valence-electron chi connectivity index (χ3n) is 3.38. The van der Waals surface area contributed by atoms with Gasteiger partial charge in [-0.3, -0.25) is 0 Å². The summed E-state index contributed by atoms with van der Waals surface area (Å²) in [6, 6.07) is 6.46. The van der Waals surface area contributed by atoms with Crippen LogP contribution in [0.4, 0.5) is 0 Å². The normalized spacial score (nSPS) is 17.9. The maximum Gasteiger partial charge on any atom is -0.00216 e. The van der Waals surface area contributed by atoms with Crippen LogP contribution in [0.1, 0.15) is 16.7 Å². The van der Waals surface area contributed by atoms with Crippen molar-refractivity contribution in [1.29, 1.82) is 0 Å². The lowest BCUT2D eigenvalue weighted by atomic mass is 9.97. The minimum atomic E-state index is 1.24. The summed E-state index contributed by atoms with van der Waals surface area (Å²) >= 11 is 0. The van der Waals surface area contributed by atoms with Crippen molar-refractivity contribution in [2.45, 2.75) is 6.92 Å². The molecule has 0 spiro atoms. The Bertz CT molecular complexity index is 685. The van der Waals surface area contributed by atoms with Crippen LogP contribution in [0.3, 0.4) is 0 Å². The van der Waals surface area contributed by atoms with Gasteiger partial charge in [0.1, 0.15) is 0 Å². The molecule has 0 N–H and O–H groups in total. The van der Waals surface area contributed by atoms with Gasteiger partial charge in [-0.25, -0.2) is 0 Å². The number of hydrogen-bond acceptors (Lipinski definition) is 0. The Morgan fingerprint density at radius 3 is 2.94 bits per heavy atom. The average Bonchev–Trinajstić information content (AvgIpc) is 2.54. The lowest BCUT2D eigenvalue weighted by molar-refractivity contribution is 1.42. The summed E-state index contributed by atoms with van der Waals surface area (Å²) in [5.74, 6) is 0. The quantitative estimate of drug-likeness (QED) is 0.618. The highest BCUT2D eigenvalue weighted by Gasteiger charge is 2.24. The van der Waals surface area contributed by atoms with E-state index in [1.165, 1.54) is 33.4 Å². The van der Waals surface area contributed by atoms with E-state index in [1.54, 1.807) is 0 Å². The number of rotatable bonds is 1. The van der Waals surface area contributed by atoms with Gasteiger partial charge >= 0.3 is 0 Å². The molecule has 18 heavy (non-hydrogen) atoms. The van der Waals surface area contributed by atoms with Gasteiger partial charge in [0.15, 0.2) is 0 Å². The predicted octanol–water partition coefficient (Wildman–Crippen LogP) is 4.61. The largest absolute Gasteiger partial charge is 0.120 e. The summed E-state index contributed by atoms with van der Waals surface area (Å²) in [5, 5.41) is 0. The number of fused-ring (bicyclic) bond motifs is 2. The predicted molar refractivity (Wildman–Crippen MR) is 78.1 cm³/mol. The molecule has 1 aromatic rings. The van der Waals surface area contributed by atoms with Crippen molar-refractivity contribution in [2.75, 3.05) is 0 Å². The second kappa shape index (κ2) is 4.18. The van der Waals surface area contributed by atoms with Gasteiger partial charge in [0.2, 0.25) is 0 Å². The number of benzene rings is 1. The van der Waals surface area contributed by atoms with Crippen LogP contribution >= 0.6 is 0 Å². The van der Waals surface area contributed by atoms with Crippen molar-refractivity contribution < 1.29 is 0 Å². The zero-order valence-electron chi connectivity index (χ0n) is 10.4. The van der Waals surface area contributed by atoms with Gasteiger partial charge in [0, 0.05) is 0 Å². The molecular formula is C18H14. The zero-order chi connectivity index (χ0) is 12.5. The second-order valence-corrected chi connectivity index (χ2v) is 4.48. The fourth-order valence-corrected chi connectivity index (χ4v) is 2.63. The van der Waals surface area contributed by atoms with Crippen LogP contribution in [-0.2, 0) is 0 Å². The van der Waals surface area contributed by atoms with Crippen molar-refractivity contribution in [2.24, 2.45) is 0 Å². The van der Waals surface area contributed by atoms with Crippen LogP contribution in [0.5, 0.6) is 0 Å². The molecular weight excluding hydrogens is 216 g/mol. The lowest BCUT2D eigenvalue weighted by Crippen LogP contribution is -1.88. The van der Waals surface area contributed by atoms with Crippen LogP contribution in [0.25, 0.3) is 11.1 Å². The molecule has 0 amide bonds. The van der Waals surface area contributed by atoms with E-state index in [2.05, 4.69) is 55.7 Å². The van der Waals surface area contributed by atoms with Gasteiger partial charge in [0.25, 0.3) is 0 Å². The van der Waals surface area contributed by atoms with E-state index >= 15 is 0 Å². The molecule has 0 saturated heterocycles. The van der Waals surface area contributed by atoms with Crippen LogP contribution in [0.15, 0.2) is 72.5 Å². The van der Waals surface area contributed by atoms with E-state index in [-0.39, 0.29) is 0 Å². The molecule has 0 heteroatoms. The highest BCUT2D eigenvalue weighted by molar-refractivity contribution is 6.06. The molecule has 1 aromatic carbocycles. The average molecular weight is 230 g/mol. The Hall–Kier alpha value is -2.30. The minimum absolute atomic E-state index is 1.24. The van der Waals surface area contributed by atoms with E-state index in [1.807, 2.05) is 18.2 Å². The molecule has 2 aliphatic rings. The maximum absolute atomic E-state index is 3.83. The number of aryl methyl sites for hydroxylation is 1. The maximum atomic E-state index is 3.83. The highest BCUT2D eigenvalue weighted by atomic mass is 14.3. The molecule has 0 fully saturated rings. The van der Waals surface area contributed by atoms with E-state index in [4.69, 9.17) is 0 Å². The van der Waals surface area contributed by atoms with Crippen LogP contribution in [0.2, 0.25) is 0 Å². The molecule has 86 valence electrons. The Morgan fingerprint density at radius 1 is 1.22 bits per heavy atom. The molecule has 3 rings (SSSR count). The monoisotopic (exact) mass is 230 g/mol. The van der Waals surface area contributed by atoms with Crippen molar-refractivity contribution in [3.8, 4) is 0 Å². The van der Waals surface area contributed by atoms with Gasteiger partial charge in [0.05, 0.1) is 0 Å². The first-order valence-electron chi connectivity index (χ1n) is 6.10. The Kier molecular flexibility index (Phi) is 2.51. The smallest absolute Gasteiger partial charge is 0.00216 e. The molecule has 0 radical (unpaired) electrons. The number of allylic oxidation sites excluding steroid dienone is 8. The summed E-state index contributed by atoms with van der Waals surface area (Å²) in [7, 11) is 0. The van der Waals surface area contributed by atoms with Gasteiger partial charge in [-0.05, 0) is 52.5 Å². The third kappa shape index (κ3) is 1.48. The van der Waals surface area contributed by atoms with Crippen LogP contribution in [0, 0.1) is 6.92 Å². The van der Waals surface area contributed by atoms with Gasteiger partial charge in [-0.15, -0.1) is 5.73 Å². The van der Waals surface area contributed by atoms with Crippen molar-refractivity contribution >= 4 is 11.1 Å². The van der Waals surface area contributed by atoms with Crippen molar-refractivity contribution in [3.63, 3.8) is 0 Å². The molecule has 0 unspecified atom stereocenters. The zero-order valence-corrected chi connectivity index (χ0v) is 10.4.